The summed E-state index contributed by atoms with van der Waals surface area (Å²) in [5.74, 6) is 0. The minimum absolute atomic E-state index is 0.0163. The molecule has 106 valence electrons. The smallest absolute Gasteiger partial charge is 0.324 e. The Kier molecular flexibility index (Phi) is 3.19. The van der Waals surface area contributed by atoms with Crippen molar-refractivity contribution in [2.24, 2.45) is 0 Å². The molecule has 1 heterocycles. The standard InChI is InChI=1S/C13H9ClN4O3/c1-7-3-2-4-8(5-7)15-10-6-9(14)11-12(17-21-16-11)13(10)18(19)20/h2-6,15H,1H3. The average molecular weight is 305 g/mol. The summed E-state index contributed by atoms with van der Waals surface area (Å²) in [7, 11) is 0. The summed E-state index contributed by atoms with van der Waals surface area (Å²) >= 11 is 6.05. The van der Waals surface area contributed by atoms with Crippen molar-refractivity contribution in [3.63, 3.8) is 0 Å². The largest absolute Gasteiger partial charge is 0.350 e. The van der Waals surface area contributed by atoms with E-state index in [2.05, 4.69) is 20.3 Å². The first kappa shape index (κ1) is 13.3. The second-order valence-corrected chi connectivity index (χ2v) is 4.87. The molecule has 8 heteroatoms. The summed E-state index contributed by atoms with van der Waals surface area (Å²) in [6, 6.07) is 8.88. The first-order valence-corrected chi connectivity index (χ1v) is 6.37. The minimum atomic E-state index is -0.541. The molecule has 3 rings (SSSR count). The number of benzene rings is 2. The van der Waals surface area contributed by atoms with Gasteiger partial charge in [-0.15, -0.1) is 0 Å². The highest BCUT2D eigenvalue weighted by Crippen LogP contribution is 2.37. The van der Waals surface area contributed by atoms with Crippen molar-refractivity contribution in [2.45, 2.75) is 6.92 Å². The van der Waals surface area contributed by atoms with Crippen LogP contribution in [0.4, 0.5) is 17.1 Å². The van der Waals surface area contributed by atoms with Crippen molar-refractivity contribution in [2.75, 3.05) is 5.32 Å². The van der Waals surface area contributed by atoms with Gasteiger partial charge in [-0.05, 0) is 41.0 Å². The van der Waals surface area contributed by atoms with Gasteiger partial charge in [0.25, 0.3) is 0 Å². The normalized spacial score (nSPS) is 10.8. The predicted molar refractivity (Wildman–Crippen MR) is 77.9 cm³/mol. The van der Waals surface area contributed by atoms with E-state index in [-0.39, 0.29) is 27.4 Å². The molecule has 0 unspecified atom stereocenters. The molecule has 0 amide bonds. The molecule has 21 heavy (non-hydrogen) atoms. The van der Waals surface area contributed by atoms with Gasteiger partial charge in [0.2, 0.25) is 5.52 Å². The Balaban J connectivity index is 2.17. The van der Waals surface area contributed by atoms with E-state index in [0.29, 0.717) is 5.69 Å². The van der Waals surface area contributed by atoms with Crippen molar-refractivity contribution in [3.05, 3.63) is 51.0 Å². The minimum Gasteiger partial charge on any atom is -0.350 e. The van der Waals surface area contributed by atoms with Gasteiger partial charge in [-0.1, -0.05) is 23.7 Å². The number of anilines is 2. The van der Waals surface area contributed by atoms with Crippen LogP contribution in [0.1, 0.15) is 5.56 Å². The zero-order valence-electron chi connectivity index (χ0n) is 10.8. The van der Waals surface area contributed by atoms with E-state index in [4.69, 9.17) is 11.6 Å². The molecule has 0 spiro atoms. The number of nitro benzene ring substituents is 1. The van der Waals surface area contributed by atoms with E-state index in [1.165, 1.54) is 6.07 Å². The molecule has 0 saturated carbocycles. The number of hydrogen-bond donors (Lipinski definition) is 1. The maximum Gasteiger partial charge on any atom is 0.324 e. The van der Waals surface area contributed by atoms with Gasteiger partial charge >= 0.3 is 5.69 Å². The van der Waals surface area contributed by atoms with E-state index in [1.54, 1.807) is 6.07 Å². The van der Waals surface area contributed by atoms with Crippen molar-refractivity contribution in [3.8, 4) is 0 Å². The Bertz CT molecular complexity index is 847. The van der Waals surface area contributed by atoms with E-state index in [9.17, 15) is 10.1 Å². The van der Waals surface area contributed by atoms with E-state index in [0.717, 1.165) is 5.56 Å². The van der Waals surface area contributed by atoms with Crippen LogP contribution in [0.5, 0.6) is 0 Å². The molecule has 1 N–H and O–H groups in total. The second-order valence-electron chi connectivity index (χ2n) is 4.47. The predicted octanol–water partition coefficient (Wildman–Crippen LogP) is 3.84. The van der Waals surface area contributed by atoms with Crippen molar-refractivity contribution < 1.29 is 9.55 Å². The molecule has 0 aliphatic heterocycles. The zero-order valence-corrected chi connectivity index (χ0v) is 11.6. The van der Waals surface area contributed by atoms with Crippen LogP contribution in [-0.2, 0) is 0 Å². The Labute approximate surface area is 123 Å². The molecule has 2 aromatic carbocycles. The maximum absolute atomic E-state index is 11.3. The van der Waals surface area contributed by atoms with Crippen molar-refractivity contribution in [1.29, 1.82) is 0 Å². The van der Waals surface area contributed by atoms with Crippen molar-refractivity contribution in [1.82, 2.24) is 10.3 Å². The van der Waals surface area contributed by atoms with Crippen LogP contribution in [-0.4, -0.2) is 15.2 Å². The molecule has 0 bridgehead atoms. The fraction of sp³-hybridized carbons (Fsp3) is 0.0769. The summed E-state index contributed by atoms with van der Waals surface area (Å²) in [6.45, 7) is 1.93. The van der Waals surface area contributed by atoms with E-state index < -0.39 is 4.92 Å². The Morgan fingerprint density at radius 3 is 2.76 bits per heavy atom. The fourth-order valence-electron chi connectivity index (χ4n) is 2.05. The van der Waals surface area contributed by atoms with Gasteiger partial charge in [-0.25, -0.2) is 4.63 Å². The van der Waals surface area contributed by atoms with Gasteiger partial charge in [-0.2, -0.15) is 0 Å². The Morgan fingerprint density at radius 2 is 2.05 bits per heavy atom. The summed E-state index contributed by atoms with van der Waals surface area (Å²) in [5, 5.41) is 21.7. The fourth-order valence-corrected chi connectivity index (χ4v) is 2.28. The van der Waals surface area contributed by atoms with Crippen LogP contribution in [0.3, 0.4) is 0 Å². The number of aromatic nitrogens is 2. The van der Waals surface area contributed by atoms with Gasteiger partial charge in [0.1, 0.15) is 5.69 Å². The van der Waals surface area contributed by atoms with E-state index in [1.807, 2.05) is 25.1 Å². The molecule has 7 nitrogen and oxygen atoms in total. The lowest BCUT2D eigenvalue weighted by molar-refractivity contribution is -0.382. The average Bonchev–Trinajstić information content (AvgIpc) is 2.88. The molecule has 0 fully saturated rings. The third-order valence-corrected chi connectivity index (χ3v) is 3.23. The number of nitrogens with one attached hydrogen (secondary N) is 1. The molecule has 0 aliphatic carbocycles. The highest BCUT2D eigenvalue weighted by Gasteiger charge is 2.25. The topological polar surface area (TPSA) is 94.1 Å². The van der Waals surface area contributed by atoms with Crippen LogP contribution in [0, 0.1) is 17.0 Å². The summed E-state index contributed by atoms with van der Waals surface area (Å²) < 4.78 is 4.54. The molecular formula is C13H9ClN4O3. The third-order valence-electron chi connectivity index (χ3n) is 2.94. The van der Waals surface area contributed by atoms with E-state index >= 15 is 0 Å². The molecule has 0 radical (unpaired) electrons. The van der Waals surface area contributed by atoms with Crippen LogP contribution >= 0.6 is 11.6 Å². The summed E-state index contributed by atoms with van der Waals surface area (Å²) in [4.78, 5) is 10.8. The number of nitrogens with zero attached hydrogens (tertiary/aromatic N) is 3. The third kappa shape index (κ3) is 2.38. The number of nitro groups is 1. The van der Waals surface area contributed by atoms with Gasteiger partial charge < -0.3 is 5.32 Å². The summed E-state index contributed by atoms with van der Waals surface area (Å²) in [5.41, 5.74) is 1.93. The number of hydrogen-bond acceptors (Lipinski definition) is 6. The lowest BCUT2D eigenvalue weighted by Gasteiger charge is -2.08. The first-order valence-electron chi connectivity index (χ1n) is 5.99. The Morgan fingerprint density at radius 1 is 1.29 bits per heavy atom. The molecule has 0 aliphatic rings. The molecule has 3 aromatic rings. The van der Waals surface area contributed by atoms with Gasteiger partial charge in [0, 0.05) is 5.69 Å². The van der Waals surface area contributed by atoms with Gasteiger partial charge in [-0.3, -0.25) is 10.1 Å². The monoisotopic (exact) mass is 304 g/mol. The second kappa shape index (κ2) is 5.02. The molecular weight excluding hydrogens is 296 g/mol. The highest BCUT2D eigenvalue weighted by atomic mass is 35.5. The van der Waals surface area contributed by atoms with Crippen molar-refractivity contribution >= 4 is 39.7 Å². The Hall–Kier alpha value is -2.67. The quantitative estimate of drug-likeness (QED) is 0.583. The number of fused-ring (bicyclic) bond motifs is 1. The molecule has 0 saturated heterocycles. The number of halogens is 1. The number of rotatable bonds is 3. The molecule has 1 aromatic heterocycles. The lowest BCUT2D eigenvalue weighted by atomic mass is 10.2. The van der Waals surface area contributed by atoms with Crippen LogP contribution in [0.2, 0.25) is 5.02 Å². The SMILES string of the molecule is Cc1cccc(Nc2cc(Cl)c3nonc3c2[N+](=O)[O-])c1. The molecule has 0 atom stereocenters. The summed E-state index contributed by atoms with van der Waals surface area (Å²) in [6.07, 6.45) is 0. The van der Waals surface area contributed by atoms with Gasteiger partial charge in [0.15, 0.2) is 5.52 Å². The highest BCUT2D eigenvalue weighted by molar-refractivity contribution is 6.35. The van der Waals surface area contributed by atoms with Crippen LogP contribution < -0.4 is 5.32 Å². The maximum atomic E-state index is 11.3. The van der Waals surface area contributed by atoms with Crippen LogP contribution in [0.25, 0.3) is 11.0 Å². The first-order chi connectivity index (χ1) is 10.1. The number of aryl methyl sites for hydroxylation is 1. The zero-order chi connectivity index (χ0) is 15.0. The lowest BCUT2D eigenvalue weighted by Crippen LogP contribution is -1.98. The van der Waals surface area contributed by atoms with Gasteiger partial charge in [0.05, 0.1) is 9.95 Å². The van der Waals surface area contributed by atoms with Crippen LogP contribution in [0.15, 0.2) is 35.0 Å².